The van der Waals surface area contributed by atoms with Crippen molar-refractivity contribution in [3.05, 3.63) is 39.8 Å². The van der Waals surface area contributed by atoms with Crippen molar-refractivity contribution in [2.24, 2.45) is 12.9 Å². The Bertz CT molecular complexity index is 474. The SMILES string of the molecule is CCc1ccsc1C(Cc1ccn(C)n1)NN. The Morgan fingerprint density at radius 3 is 2.94 bits per heavy atom. The first kappa shape index (κ1) is 12.3. The van der Waals surface area contributed by atoms with E-state index < -0.39 is 0 Å². The van der Waals surface area contributed by atoms with E-state index in [0.29, 0.717) is 0 Å². The zero-order chi connectivity index (χ0) is 12.3. The van der Waals surface area contributed by atoms with Gasteiger partial charge in [0.1, 0.15) is 0 Å². The summed E-state index contributed by atoms with van der Waals surface area (Å²) in [5.74, 6) is 5.66. The molecule has 0 bridgehead atoms. The van der Waals surface area contributed by atoms with Crippen molar-refractivity contribution in [3.63, 3.8) is 0 Å². The van der Waals surface area contributed by atoms with E-state index in [0.717, 1.165) is 18.5 Å². The molecule has 92 valence electrons. The maximum Gasteiger partial charge on any atom is 0.0644 e. The van der Waals surface area contributed by atoms with Gasteiger partial charge in [0, 0.05) is 24.5 Å². The van der Waals surface area contributed by atoms with Crippen LogP contribution in [0.3, 0.4) is 0 Å². The lowest BCUT2D eigenvalue weighted by Gasteiger charge is -2.14. The molecule has 0 amide bonds. The molecule has 0 spiro atoms. The summed E-state index contributed by atoms with van der Waals surface area (Å²) < 4.78 is 1.82. The second kappa shape index (κ2) is 5.44. The van der Waals surface area contributed by atoms with Crippen LogP contribution in [0.5, 0.6) is 0 Å². The predicted octanol–water partition coefficient (Wildman–Crippen LogP) is 1.79. The Morgan fingerprint density at radius 2 is 2.35 bits per heavy atom. The highest BCUT2D eigenvalue weighted by Crippen LogP contribution is 2.26. The summed E-state index contributed by atoms with van der Waals surface area (Å²) >= 11 is 1.76. The first-order chi connectivity index (χ1) is 8.24. The van der Waals surface area contributed by atoms with Crippen LogP contribution < -0.4 is 11.3 Å². The lowest BCUT2D eigenvalue weighted by atomic mass is 10.1. The standard InChI is InChI=1S/C12H18N4S/c1-3-9-5-7-17-12(9)11(14-13)8-10-4-6-16(2)15-10/h4-7,11,14H,3,8,13H2,1-2H3. The molecule has 2 aromatic heterocycles. The van der Waals surface area contributed by atoms with E-state index in [4.69, 9.17) is 5.84 Å². The van der Waals surface area contributed by atoms with Crippen molar-refractivity contribution in [2.75, 3.05) is 0 Å². The fourth-order valence-corrected chi connectivity index (χ4v) is 3.01. The molecule has 0 aliphatic heterocycles. The number of nitrogens with zero attached hydrogens (tertiary/aromatic N) is 2. The average Bonchev–Trinajstić information content (AvgIpc) is 2.94. The van der Waals surface area contributed by atoms with Crippen LogP contribution >= 0.6 is 11.3 Å². The predicted molar refractivity (Wildman–Crippen MR) is 70.7 cm³/mol. The van der Waals surface area contributed by atoms with E-state index in [1.54, 1.807) is 11.3 Å². The quantitative estimate of drug-likeness (QED) is 0.628. The Labute approximate surface area is 105 Å². The highest BCUT2D eigenvalue weighted by atomic mass is 32.1. The van der Waals surface area contributed by atoms with Crippen molar-refractivity contribution in [3.8, 4) is 0 Å². The van der Waals surface area contributed by atoms with E-state index in [1.807, 2.05) is 24.0 Å². The number of hydrogen-bond donors (Lipinski definition) is 2. The molecular weight excluding hydrogens is 232 g/mol. The topological polar surface area (TPSA) is 55.9 Å². The maximum atomic E-state index is 5.66. The maximum absolute atomic E-state index is 5.66. The lowest BCUT2D eigenvalue weighted by molar-refractivity contribution is 0.546. The molecular formula is C12H18N4S. The highest BCUT2D eigenvalue weighted by Gasteiger charge is 2.16. The van der Waals surface area contributed by atoms with Gasteiger partial charge in [-0.1, -0.05) is 6.92 Å². The molecule has 1 atom stereocenters. The molecule has 2 rings (SSSR count). The molecule has 1 unspecified atom stereocenters. The average molecular weight is 250 g/mol. The van der Waals surface area contributed by atoms with Crippen LogP contribution in [0, 0.1) is 0 Å². The van der Waals surface area contributed by atoms with Gasteiger partial charge in [-0.25, -0.2) is 0 Å². The summed E-state index contributed by atoms with van der Waals surface area (Å²) in [6.07, 6.45) is 3.82. The molecule has 2 heterocycles. The fraction of sp³-hybridized carbons (Fsp3) is 0.417. The van der Waals surface area contributed by atoms with Crippen LogP contribution in [0.4, 0.5) is 0 Å². The Balaban J connectivity index is 2.16. The van der Waals surface area contributed by atoms with E-state index in [-0.39, 0.29) is 6.04 Å². The third kappa shape index (κ3) is 2.74. The van der Waals surface area contributed by atoms with Gasteiger partial charge in [0.15, 0.2) is 0 Å². The van der Waals surface area contributed by atoms with Crippen molar-refractivity contribution in [1.29, 1.82) is 0 Å². The number of rotatable bonds is 5. The number of nitrogens with one attached hydrogen (secondary N) is 1. The van der Waals surface area contributed by atoms with Crippen LogP contribution in [0.15, 0.2) is 23.7 Å². The van der Waals surface area contributed by atoms with E-state index in [1.165, 1.54) is 10.4 Å². The number of nitrogens with two attached hydrogens (primary N) is 1. The highest BCUT2D eigenvalue weighted by molar-refractivity contribution is 7.10. The Kier molecular flexibility index (Phi) is 3.93. The van der Waals surface area contributed by atoms with Crippen molar-refractivity contribution in [1.82, 2.24) is 15.2 Å². The van der Waals surface area contributed by atoms with Gasteiger partial charge in [-0.2, -0.15) is 5.10 Å². The smallest absolute Gasteiger partial charge is 0.0644 e. The molecule has 2 aromatic rings. The van der Waals surface area contributed by atoms with Gasteiger partial charge in [-0.3, -0.25) is 16.0 Å². The first-order valence-corrected chi connectivity index (χ1v) is 6.63. The summed E-state index contributed by atoms with van der Waals surface area (Å²) in [7, 11) is 1.93. The van der Waals surface area contributed by atoms with Gasteiger partial charge < -0.3 is 0 Å². The van der Waals surface area contributed by atoms with Crippen LogP contribution in [-0.4, -0.2) is 9.78 Å². The lowest BCUT2D eigenvalue weighted by Crippen LogP contribution is -2.29. The van der Waals surface area contributed by atoms with E-state index in [2.05, 4.69) is 28.9 Å². The molecule has 17 heavy (non-hydrogen) atoms. The Hall–Kier alpha value is -1.17. The summed E-state index contributed by atoms with van der Waals surface area (Å²) in [5, 5.41) is 6.51. The number of hydrogen-bond acceptors (Lipinski definition) is 4. The van der Waals surface area contributed by atoms with Crippen molar-refractivity contribution in [2.45, 2.75) is 25.8 Å². The Morgan fingerprint density at radius 1 is 1.53 bits per heavy atom. The third-order valence-corrected chi connectivity index (χ3v) is 3.93. The second-order valence-electron chi connectivity index (χ2n) is 4.07. The van der Waals surface area contributed by atoms with Crippen LogP contribution in [0.2, 0.25) is 0 Å². The summed E-state index contributed by atoms with van der Waals surface area (Å²) in [6, 6.07) is 4.35. The fourth-order valence-electron chi connectivity index (χ4n) is 1.95. The normalized spacial score (nSPS) is 12.9. The van der Waals surface area contributed by atoms with E-state index in [9.17, 15) is 0 Å². The van der Waals surface area contributed by atoms with Gasteiger partial charge in [0.05, 0.1) is 11.7 Å². The zero-order valence-corrected chi connectivity index (χ0v) is 11.0. The minimum atomic E-state index is 0.153. The van der Waals surface area contributed by atoms with E-state index >= 15 is 0 Å². The van der Waals surface area contributed by atoms with Gasteiger partial charge in [0.2, 0.25) is 0 Å². The number of thiophene rings is 1. The molecule has 0 aromatic carbocycles. The molecule has 4 nitrogen and oxygen atoms in total. The molecule has 0 aliphatic rings. The molecule has 3 N–H and O–H groups in total. The monoisotopic (exact) mass is 250 g/mol. The second-order valence-corrected chi connectivity index (χ2v) is 5.02. The summed E-state index contributed by atoms with van der Waals surface area (Å²) in [6.45, 7) is 2.17. The van der Waals surface area contributed by atoms with Crippen LogP contribution in [0.25, 0.3) is 0 Å². The molecule has 0 radical (unpaired) electrons. The van der Waals surface area contributed by atoms with Gasteiger partial charge in [-0.15, -0.1) is 11.3 Å². The largest absolute Gasteiger partial charge is 0.276 e. The zero-order valence-electron chi connectivity index (χ0n) is 10.2. The number of hydrazine groups is 1. The molecule has 0 saturated heterocycles. The van der Waals surface area contributed by atoms with Crippen LogP contribution in [-0.2, 0) is 19.9 Å². The summed E-state index contributed by atoms with van der Waals surface area (Å²) in [5.41, 5.74) is 5.33. The minimum absolute atomic E-state index is 0.153. The van der Waals surface area contributed by atoms with Gasteiger partial charge in [0.25, 0.3) is 0 Å². The van der Waals surface area contributed by atoms with Crippen molar-refractivity contribution < 1.29 is 0 Å². The number of aryl methyl sites for hydroxylation is 2. The summed E-state index contributed by atoms with van der Waals surface area (Å²) in [4.78, 5) is 1.32. The minimum Gasteiger partial charge on any atom is -0.276 e. The van der Waals surface area contributed by atoms with Gasteiger partial charge >= 0.3 is 0 Å². The molecule has 0 saturated carbocycles. The van der Waals surface area contributed by atoms with Crippen LogP contribution in [0.1, 0.15) is 29.1 Å². The van der Waals surface area contributed by atoms with Crippen molar-refractivity contribution >= 4 is 11.3 Å². The third-order valence-electron chi connectivity index (χ3n) is 2.86. The number of aromatic nitrogens is 2. The molecule has 0 aliphatic carbocycles. The van der Waals surface area contributed by atoms with Gasteiger partial charge in [-0.05, 0) is 29.5 Å². The molecule has 5 heteroatoms. The first-order valence-electron chi connectivity index (χ1n) is 5.75. The molecule has 0 fully saturated rings.